The van der Waals surface area contributed by atoms with Crippen LogP contribution in [0, 0.1) is 6.92 Å². The highest BCUT2D eigenvalue weighted by molar-refractivity contribution is 5.95. The number of hydrogen-bond acceptors (Lipinski definition) is 3. The molecule has 0 aliphatic carbocycles. The normalized spacial score (nSPS) is 20.7. The van der Waals surface area contributed by atoms with Gasteiger partial charge in [-0.15, -0.1) is 0 Å². The molecule has 2 heterocycles. The number of nitrogens with zero attached hydrogens (tertiary/aromatic N) is 2. The Bertz CT molecular complexity index is 702. The van der Waals surface area contributed by atoms with Crippen LogP contribution < -0.4 is 0 Å². The Labute approximate surface area is 134 Å². The molecule has 2 atom stereocenters. The van der Waals surface area contributed by atoms with Crippen molar-refractivity contribution >= 4 is 5.91 Å². The second kappa shape index (κ2) is 6.46. The molecule has 3 rings (SSSR count). The molecule has 5 heteroatoms. The fourth-order valence-electron chi connectivity index (χ4n) is 2.91. The van der Waals surface area contributed by atoms with E-state index in [0.29, 0.717) is 5.56 Å². The fourth-order valence-corrected chi connectivity index (χ4v) is 2.91. The van der Waals surface area contributed by atoms with Gasteiger partial charge in [0.1, 0.15) is 6.17 Å². The van der Waals surface area contributed by atoms with E-state index in [1.165, 1.54) is 11.1 Å². The first-order valence-electron chi connectivity index (χ1n) is 7.66. The molecule has 1 aromatic carbocycles. The van der Waals surface area contributed by atoms with E-state index in [2.05, 4.69) is 4.98 Å². The van der Waals surface area contributed by atoms with Crippen LogP contribution in [0.25, 0.3) is 11.1 Å². The van der Waals surface area contributed by atoms with Crippen molar-refractivity contribution in [1.29, 1.82) is 0 Å². The summed E-state index contributed by atoms with van der Waals surface area (Å²) in [7, 11) is 0. The summed E-state index contributed by atoms with van der Waals surface area (Å²) in [6.45, 7) is 1.81. The van der Waals surface area contributed by atoms with Gasteiger partial charge in [-0.05, 0) is 18.6 Å². The Morgan fingerprint density at radius 1 is 1.30 bits per heavy atom. The molecular weight excluding hydrogens is 295 g/mol. The Morgan fingerprint density at radius 2 is 2.04 bits per heavy atom. The number of likely N-dealkylation sites (tertiary alicyclic amines) is 1. The van der Waals surface area contributed by atoms with Crippen LogP contribution in [0.5, 0.6) is 0 Å². The lowest BCUT2D eigenvalue weighted by Gasteiger charge is -2.22. The molecule has 1 N–H and O–H groups in total. The van der Waals surface area contributed by atoms with Crippen LogP contribution in [0.15, 0.2) is 42.7 Å². The third kappa shape index (κ3) is 3.24. The third-order valence-electron chi connectivity index (χ3n) is 4.21. The fraction of sp³-hybridized carbons (Fsp3) is 0.333. The van der Waals surface area contributed by atoms with Gasteiger partial charge in [-0.1, -0.05) is 29.8 Å². The quantitative estimate of drug-likeness (QED) is 0.947. The summed E-state index contributed by atoms with van der Waals surface area (Å²) in [4.78, 5) is 18.2. The van der Waals surface area contributed by atoms with Crippen molar-refractivity contribution < 1.29 is 14.3 Å². The lowest BCUT2D eigenvalue weighted by molar-refractivity contribution is 0.0672. The summed E-state index contributed by atoms with van der Waals surface area (Å²) in [5.74, 6) is -0.286. The van der Waals surface area contributed by atoms with Crippen LogP contribution in [0.2, 0.25) is 0 Å². The van der Waals surface area contributed by atoms with Gasteiger partial charge in [0.05, 0.1) is 24.8 Å². The number of aryl methyl sites for hydroxylation is 1. The average Bonchev–Trinajstić information content (AvgIpc) is 2.96. The molecule has 4 nitrogen and oxygen atoms in total. The smallest absolute Gasteiger partial charge is 0.255 e. The van der Waals surface area contributed by atoms with Gasteiger partial charge in [-0.2, -0.15) is 0 Å². The van der Waals surface area contributed by atoms with Gasteiger partial charge < -0.3 is 10.0 Å². The van der Waals surface area contributed by atoms with Gasteiger partial charge in [0.25, 0.3) is 5.91 Å². The van der Waals surface area contributed by atoms with Crippen LogP contribution in [0.1, 0.15) is 22.3 Å². The van der Waals surface area contributed by atoms with E-state index in [9.17, 15) is 14.3 Å². The number of hydrogen-bond donors (Lipinski definition) is 1. The monoisotopic (exact) mass is 314 g/mol. The van der Waals surface area contributed by atoms with Crippen molar-refractivity contribution in [1.82, 2.24) is 9.88 Å². The maximum Gasteiger partial charge on any atom is 0.255 e. The molecule has 1 fully saturated rings. The molecule has 1 aromatic heterocycles. The molecule has 0 bridgehead atoms. The minimum Gasteiger partial charge on any atom is -0.394 e. The van der Waals surface area contributed by atoms with Crippen LogP contribution in [0.4, 0.5) is 4.39 Å². The van der Waals surface area contributed by atoms with Gasteiger partial charge >= 0.3 is 0 Å². The van der Waals surface area contributed by atoms with Crippen molar-refractivity contribution in [3.63, 3.8) is 0 Å². The first kappa shape index (κ1) is 15.6. The number of benzene rings is 1. The number of pyridine rings is 1. The first-order chi connectivity index (χ1) is 11.1. The predicted octanol–water partition coefficient (Wildman–Crippen LogP) is 2.60. The van der Waals surface area contributed by atoms with E-state index in [-0.39, 0.29) is 25.5 Å². The van der Waals surface area contributed by atoms with Crippen molar-refractivity contribution in [2.75, 3.05) is 13.2 Å². The minimum absolute atomic E-state index is 0.0266. The first-order valence-corrected chi connectivity index (χ1v) is 7.66. The highest BCUT2D eigenvalue weighted by Gasteiger charge is 2.35. The summed E-state index contributed by atoms with van der Waals surface area (Å²) >= 11 is 0. The number of halogens is 1. The lowest BCUT2D eigenvalue weighted by Crippen LogP contribution is -2.37. The highest BCUT2D eigenvalue weighted by atomic mass is 19.1. The SMILES string of the molecule is Cc1ccc(-c2cncc(C(=O)N3C[C@@H](F)C[C@H]3CO)c2)cc1. The van der Waals surface area contributed by atoms with Crippen molar-refractivity contribution in [3.8, 4) is 11.1 Å². The minimum atomic E-state index is -1.08. The number of carbonyl (C=O) groups excluding carboxylic acids is 1. The zero-order valence-corrected chi connectivity index (χ0v) is 12.9. The standard InChI is InChI=1S/C18H19FN2O2/c1-12-2-4-13(5-3-12)14-6-15(9-20-8-14)18(23)21-10-16(19)7-17(21)11-22/h2-6,8-9,16-17,22H,7,10-11H2,1H3/t16-,17-/m0/s1. The van der Waals surface area contributed by atoms with Crippen molar-refractivity contribution in [2.45, 2.75) is 25.6 Å². The number of aromatic nitrogens is 1. The second-order valence-corrected chi connectivity index (χ2v) is 5.96. The molecular formula is C18H19FN2O2. The largest absolute Gasteiger partial charge is 0.394 e. The summed E-state index contributed by atoms with van der Waals surface area (Å²) in [6.07, 6.45) is 2.30. The predicted molar refractivity (Wildman–Crippen MR) is 85.8 cm³/mol. The molecule has 0 unspecified atom stereocenters. The average molecular weight is 314 g/mol. The van der Waals surface area contributed by atoms with Crippen molar-refractivity contribution in [3.05, 3.63) is 53.9 Å². The van der Waals surface area contributed by atoms with Crippen molar-refractivity contribution in [2.24, 2.45) is 0 Å². The second-order valence-electron chi connectivity index (χ2n) is 5.96. The molecule has 1 aliphatic rings. The number of rotatable bonds is 3. The van der Waals surface area contributed by atoms with Crippen LogP contribution in [-0.4, -0.2) is 46.3 Å². The number of alkyl halides is 1. The maximum absolute atomic E-state index is 13.5. The zero-order valence-electron chi connectivity index (χ0n) is 12.9. The van der Waals surface area contributed by atoms with Gasteiger partial charge in [0, 0.05) is 24.4 Å². The molecule has 2 aromatic rings. The molecule has 1 saturated heterocycles. The molecule has 120 valence electrons. The maximum atomic E-state index is 13.5. The van der Waals surface area contributed by atoms with E-state index in [1.807, 2.05) is 31.2 Å². The van der Waals surface area contributed by atoms with E-state index < -0.39 is 12.2 Å². The number of amides is 1. The number of aliphatic hydroxyl groups excluding tert-OH is 1. The van der Waals surface area contributed by atoms with Gasteiger partial charge in [-0.3, -0.25) is 9.78 Å². The number of carbonyl (C=O) groups is 1. The van der Waals surface area contributed by atoms with E-state index >= 15 is 0 Å². The molecule has 0 saturated carbocycles. The van der Waals surface area contributed by atoms with E-state index in [1.54, 1.807) is 12.3 Å². The Balaban J connectivity index is 1.87. The Kier molecular flexibility index (Phi) is 4.39. The summed E-state index contributed by atoms with van der Waals surface area (Å²) < 4.78 is 13.5. The molecule has 1 aliphatic heterocycles. The van der Waals surface area contributed by atoms with Crippen LogP contribution in [0.3, 0.4) is 0 Å². The summed E-state index contributed by atoms with van der Waals surface area (Å²) in [6, 6.07) is 9.26. The summed E-state index contributed by atoms with van der Waals surface area (Å²) in [5.41, 5.74) is 3.38. The molecule has 0 spiro atoms. The lowest BCUT2D eigenvalue weighted by atomic mass is 10.0. The zero-order chi connectivity index (χ0) is 16.4. The van der Waals surface area contributed by atoms with Crippen LogP contribution in [-0.2, 0) is 0 Å². The summed E-state index contributed by atoms with van der Waals surface area (Å²) in [5, 5.41) is 9.33. The highest BCUT2D eigenvalue weighted by Crippen LogP contribution is 2.24. The Morgan fingerprint density at radius 3 is 2.74 bits per heavy atom. The number of aliphatic hydroxyl groups is 1. The van der Waals surface area contributed by atoms with Gasteiger partial charge in [0.15, 0.2) is 0 Å². The topological polar surface area (TPSA) is 53.4 Å². The third-order valence-corrected chi connectivity index (χ3v) is 4.21. The molecule has 23 heavy (non-hydrogen) atoms. The van der Waals surface area contributed by atoms with E-state index in [0.717, 1.165) is 16.7 Å². The molecule has 1 amide bonds. The van der Waals surface area contributed by atoms with Gasteiger partial charge in [-0.25, -0.2) is 4.39 Å². The molecule has 0 radical (unpaired) electrons. The van der Waals surface area contributed by atoms with Crippen LogP contribution >= 0.6 is 0 Å². The Hall–Kier alpha value is -2.27. The van der Waals surface area contributed by atoms with Gasteiger partial charge in [0.2, 0.25) is 0 Å². The van der Waals surface area contributed by atoms with E-state index in [4.69, 9.17) is 0 Å².